The van der Waals surface area contributed by atoms with Crippen molar-refractivity contribution in [1.29, 1.82) is 0 Å². The first-order valence-corrected chi connectivity index (χ1v) is 10.5. The van der Waals surface area contributed by atoms with Crippen LogP contribution in [0.3, 0.4) is 0 Å². The van der Waals surface area contributed by atoms with Crippen molar-refractivity contribution in [3.05, 3.63) is 89.0 Å². The lowest BCUT2D eigenvalue weighted by Crippen LogP contribution is -2.31. The number of ketones is 1. The number of carbonyl (C=O) groups is 2. The molecular formula is C24H22ClN3O4. The van der Waals surface area contributed by atoms with E-state index in [9.17, 15) is 14.7 Å². The second-order valence-electron chi connectivity index (χ2n) is 7.43. The van der Waals surface area contributed by atoms with Crippen LogP contribution >= 0.6 is 11.6 Å². The molecule has 0 bridgehead atoms. The van der Waals surface area contributed by atoms with E-state index in [2.05, 4.69) is 4.98 Å². The molecule has 1 fully saturated rings. The van der Waals surface area contributed by atoms with Gasteiger partial charge in [-0.05, 0) is 36.2 Å². The molecule has 2 aromatic carbocycles. The van der Waals surface area contributed by atoms with Crippen LogP contribution in [0.4, 0.5) is 0 Å². The SMILES string of the molecule is COc1cccc(C(O)=C2C(=O)C(=O)N(CCCn3ccnc3)[C@@H]2c2ccc(Cl)cc2)c1. The van der Waals surface area contributed by atoms with Crippen LogP contribution in [0.25, 0.3) is 5.76 Å². The Kier molecular flexibility index (Phi) is 6.28. The molecule has 8 heteroatoms. The molecule has 0 spiro atoms. The topological polar surface area (TPSA) is 84.7 Å². The minimum atomic E-state index is -0.721. The number of aryl methyl sites for hydroxylation is 1. The smallest absolute Gasteiger partial charge is 0.295 e. The number of hydrogen-bond acceptors (Lipinski definition) is 5. The summed E-state index contributed by atoms with van der Waals surface area (Å²) >= 11 is 6.05. The zero-order chi connectivity index (χ0) is 22.7. The Balaban J connectivity index is 1.73. The van der Waals surface area contributed by atoms with Crippen LogP contribution in [-0.2, 0) is 16.1 Å². The minimum absolute atomic E-state index is 0.0493. The number of aromatic nitrogens is 2. The van der Waals surface area contributed by atoms with Gasteiger partial charge in [-0.25, -0.2) is 4.98 Å². The highest BCUT2D eigenvalue weighted by molar-refractivity contribution is 6.46. The van der Waals surface area contributed by atoms with E-state index in [0.717, 1.165) is 0 Å². The number of carbonyl (C=O) groups excluding carboxylic acids is 2. The van der Waals surface area contributed by atoms with Crippen LogP contribution in [-0.4, -0.2) is 44.9 Å². The van der Waals surface area contributed by atoms with Gasteiger partial charge < -0.3 is 19.3 Å². The van der Waals surface area contributed by atoms with Crippen LogP contribution in [0.5, 0.6) is 5.75 Å². The molecule has 4 rings (SSSR count). The number of methoxy groups -OCH3 is 1. The van der Waals surface area contributed by atoms with Gasteiger partial charge in [-0.1, -0.05) is 35.9 Å². The molecular weight excluding hydrogens is 430 g/mol. The van der Waals surface area contributed by atoms with E-state index in [1.54, 1.807) is 61.1 Å². The molecule has 0 unspecified atom stereocenters. The van der Waals surface area contributed by atoms with Crippen LogP contribution in [0.15, 0.2) is 72.8 Å². The van der Waals surface area contributed by atoms with Crippen LogP contribution in [0.1, 0.15) is 23.6 Å². The summed E-state index contributed by atoms with van der Waals surface area (Å²) in [6.07, 6.45) is 5.85. The molecule has 2 heterocycles. The van der Waals surface area contributed by atoms with Gasteiger partial charge in [0, 0.05) is 36.1 Å². The monoisotopic (exact) mass is 451 g/mol. The second kappa shape index (κ2) is 9.28. The van der Waals surface area contributed by atoms with E-state index in [1.807, 2.05) is 10.8 Å². The number of Topliss-reactive ketones (excluding diaryl/α,β-unsaturated/α-hetero) is 1. The number of aliphatic hydroxyl groups excluding tert-OH is 1. The fourth-order valence-electron chi connectivity index (χ4n) is 3.87. The van der Waals surface area contributed by atoms with Crippen molar-refractivity contribution in [2.75, 3.05) is 13.7 Å². The molecule has 1 aromatic heterocycles. The Morgan fingerprint density at radius 1 is 1.16 bits per heavy atom. The summed E-state index contributed by atoms with van der Waals surface area (Å²) in [6, 6.07) is 13.0. The van der Waals surface area contributed by atoms with Crippen molar-refractivity contribution in [3.8, 4) is 5.75 Å². The van der Waals surface area contributed by atoms with Gasteiger partial charge in [-0.2, -0.15) is 0 Å². The number of aliphatic hydroxyl groups is 1. The quantitative estimate of drug-likeness (QED) is 0.332. The molecule has 0 radical (unpaired) electrons. The largest absolute Gasteiger partial charge is 0.507 e. The number of nitrogens with zero attached hydrogens (tertiary/aromatic N) is 3. The fourth-order valence-corrected chi connectivity index (χ4v) is 4.00. The summed E-state index contributed by atoms with van der Waals surface area (Å²) in [5.41, 5.74) is 1.15. The van der Waals surface area contributed by atoms with E-state index in [1.165, 1.54) is 12.0 Å². The predicted octanol–water partition coefficient (Wildman–Crippen LogP) is 4.06. The molecule has 7 nitrogen and oxygen atoms in total. The molecule has 1 aliphatic heterocycles. The second-order valence-corrected chi connectivity index (χ2v) is 7.87. The third-order valence-corrected chi connectivity index (χ3v) is 5.70. The summed E-state index contributed by atoms with van der Waals surface area (Å²) in [4.78, 5) is 31.6. The zero-order valence-electron chi connectivity index (χ0n) is 17.4. The standard InChI is InChI=1S/C24H22ClN3O4/c1-32-19-5-2-4-17(14-19)22(29)20-21(16-6-8-18(25)9-7-16)28(24(31)23(20)30)12-3-11-27-13-10-26-15-27/h2,4-10,13-15,21,29H,3,11-12H2,1H3/t21-/m1/s1. The van der Waals surface area contributed by atoms with Gasteiger partial charge in [0.25, 0.3) is 11.7 Å². The van der Waals surface area contributed by atoms with Gasteiger partial charge >= 0.3 is 0 Å². The molecule has 0 aliphatic carbocycles. The Morgan fingerprint density at radius 2 is 1.94 bits per heavy atom. The highest BCUT2D eigenvalue weighted by Gasteiger charge is 2.45. The van der Waals surface area contributed by atoms with Crippen LogP contribution in [0.2, 0.25) is 5.02 Å². The van der Waals surface area contributed by atoms with Crippen molar-refractivity contribution < 1.29 is 19.4 Å². The minimum Gasteiger partial charge on any atom is -0.507 e. The molecule has 32 heavy (non-hydrogen) atoms. The molecule has 1 saturated heterocycles. The van der Waals surface area contributed by atoms with Crippen molar-refractivity contribution in [2.45, 2.75) is 19.0 Å². The molecule has 1 amide bonds. The molecule has 164 valence electrons. The number of likely N-dealkylation sites (tertiary alicyclic amines) is 1. The Labute approximate surface area is 190 Å². The first-order chi connectivity index (χ1) is 15.5. The van der Waals surface area contributed by atoms with Gasteiger partial charge in [0.15, 0.2) is 0 Å². The first-order valence-electron chi connectivity index (χ1n) is 10.1. The summed E-state index contributed by atoms with van der Waals surface area (Å²) in [7, 11) is 1.52. The summed E-state index contributed by atoms with van der Waals surface area (Å²) in [5.74, 6) is -1.06. The van der Waals surface area contributed by atoms with E-state index in [4.69, 9.17) is 16.3 Å². The molecule has 3 aromatic rings. The van der Waals surface area contributed by atoms with E-state index in [0.29, 0.717) is 41.4 Å². The lowest BCUT2D eigenvalue weighted by molar-refractivity contribution is -0.139. The average molecular weight is 452 g/mol. The summed E-state index contributed by atoms with van der Waals surface area (Å²) < 4.78 is 7.14. The number of benzene rings is 2. The number of hydrogen-bond donors (Lipinski definition) is 1. The normalized spacial score (nSPS) is 17.7. The van der Waals surface area contributed by atoms with Gasteiger partial charge in [-0.15, -0.1) is 0 Å². The van der Waals surface area contributed by atoms with Gasteiger partial charge in [0.1, 0.15) is 11.5 Å². The number of ether oxygens (including phenoxy) is 1. The van der Waals surface area contributed by atoms with Gasteiger partial charge in [0.05, 0.1) is 25.1 Å². The van der Waals surface area contributed by atoms with Crippen molar-refractivity contribution in [3.63, 3.8) is 0 Å². The maximum Gasteiger partial charge on any atom is 0.295 e. The van der Waals surface area contributed by atoms with Crippen molar-refractivity contribution in [1.82, 2.24) is 14.5 Å². The Morgan fingerprint density at radius 3 is 2.62 bits per heavy atom. The molecule has 1 atom stereocenters. The summed E-state index contributed by atoms with van der Waals surface area (Å²) in [6.45, 7) is 0.983. The number of halogens is 1. The summed E-state index contributed by atoms with van der Waals surface area (Å²) in [5, 5.41) is 11.6. The Bertz CT molecular complexity index is 1160. The van der Waals surface area contributed by atoms with Crippen molar-refractivity contribution in [2.24, 2.45) is 0 Å². The lowest BCUT2D eigenvalue weighted by Gasteiger charge is -2.25. The highest BCUT2D eigenvalue weighted by Crippen LogP contribution is 2.40. The van der Waals surface area contributed by atoms with E-state index < -0.39 is 17.7 Å². The average Bonchev–Trinajstić information content (AvgIpc) is 3.41. The van der Waals surface area contributed by atoms with Crippen molar-refractivity contribution >= 4 is 29.1 Å². The number of amides is 1. The maximum atomic E-state index is 13.0. The van der Waals surface area contributed by atoms with Crippen LogP contribution in [0, 0.1) is 0 Å². The first kappa shape index (κ1) is 21.6. The fraction of sp³-hybridized carbons (Fsp3) is 0.208. The third kappa shape index (κ3) is 4.24. The zero-order valence-corrected chi connectivity index (χ0v) is 18.2. The highest BCUT2D eigenvalue weighted by atomic mass is 35.5. The Hall–Kier alpha value is -3.58. The van der Waals surface area contributed by atoms with E-state index in [-0.39, 0.29) is 11.3 Å². The third-order valence-electron chi connectivity index (χ3n) is 5.44. The van der Waals surface area contributed by atoms with Crippen LogP contribution < -0.4 is 4.74 Å². The lowest BCUT2D eigenvalue weighted by atomic mass is 9.95. The predicted molar refractivity (Wildman–Crippen MR) is 120 cm³/mol. The maximum absolute atomic E-state index is 13.0. The van der Waals surface area contributed by atoms with Gasteiger partial charge in [0.2, 0.25) is 0 Å². The number of imidazole rings is 1. The van der Waals surface area contributed by atoms with E-state index >= 15 is 0 Å². The van der Waals surface area contributed by atoms with Gasteiger partial charge in [-0.3, -0.25) is 9.59 Å². The molecule has 1 N–H and O–H groups in total. The number of rotatable bonds is 7. The molecule has 1 aliphatic rings. The molecule has 0 saturated carbocycles.